The van der Waals surface area contributed by atoms with Gasteiger partial charge in [0.1, 0.15) is 9.22 Å². The highest BCUT2D eigenvalue weighted by atomic mass is 127. The minimum absolute atomic E-state index is 0.0492. The molecule has 3 heterocycles. The summed E-state index contributed by atoms with van der Waals surface area (Å²) >= 11 is 2.09. The normalized spacial score (nSPS) is 11.0. The summed E-state index contributed by atoms with van der Waals surface area (Å²) in [5.74, 6) is 0.0492. The summed E-state index contributed by atoms with van der Waals surface area (Å²) in [5.41, 5.74) is 5.59. The third kappa shape index (κ3) is 3.84. The van der Waals surface area contributed by atoms with Gasteiger partial charge < -0.3 is 15.5 Å². The summed E-state index contributed by atoms with van der Waals surface area (Å²) in [5, 5.41) is 0. The molecule has 0 unspecified atom stereocenters. The van der Waals surface area contributed by atoms with Gasteiger partial charge >= 0.3 is 17.1 Å². The van der Waals surface area contributed by atoms with Crippen molar-refractivity contribution in [1.82, 2.24) is 24.5 Å². The summed E-state index contributed by atoms with van der Waals surface area (Å²) in [7, 11) is 0. The maximum atomic E-state index is 12.4. The molecule has 26 heavy (non-hydrogen) atoms. The fourth-order valence-corrected chi connectivity index (χ4v) is 2.67. The van der Waals surface area contributed by atoms with Gasteiger partial charge in [0.2, 0.25) is 0 Å². The smallest absolute Gasteiger partial charge is 0.320 e. The Balaban J connectivity index is 2.12. The Morgan fingerprint density at radius 1 is 1.31 bits per heavy atom. The minimum atomic E-state index is -0.786. The zero-order valence-corrected chi connectivity index (χ0v) is 16.2. The number of ether oxygens (including phenoxy) is 1. The van der Waals surface area contributed by atoms with Gasteiger partial charge in [0.05, 0.1) is 13.2 Å². The standard InChI is InChI=1S/C16H17IN6O3/c1-2-3-6-26-16-21-12(18)11-13(22-16)23(15(25)14(24)20-11)8-9-4-5-10(17)19-7-9/h4-5,7H,2-3,6,8H2,1H3,(H,20,24)(H2,18,21,22). The van der Waals surface area contributed by atoms with Gasteiger partial charge in [0, 0.05) is 6.20 Å². The van der Waals surface area contributed by atoms with E-state index in [0.29, 0.717) is 6.61 Å². The van der Waals surface area contributed by atoms with Crippen molar-refractivity contribution >= 4 is 39.6 Å². The van der Waals surface area contributed by atoms with Crippen LogP contribution in [0.25, 0.3) is 11.2 Å². The van der Waals surface area contributed by atoms with Gasteiger partial charge in [-0.05, 0) is 40.6 Å². The number of unbranched alkanes of at least 4 members (excludes halogenated alkanes) is 1. The van der Waals surface area contributed by atoms with Gasteiger partial charge in [-0.2, -0.15) is 9.97 Å². The maximum absolute atomic E-state index is 12.4. The van der Waals surface area contributed by atoms with E-state index in [2.05, 4.69) is 42.5 Å². The fourth-order valence-electron chi connectivity index (χ4n) is 2.35. The van der Waals surface area contributed by atoms with E-state index < -0.39 is 11.1 Å². The molecule has 0 aliphatic rings. The van der Waals surface area contributed by atoms with Crippen molar-refractivity contribution < 1.29 is 4.74 Å². The molecule has 0 saturated carbocycles. The van der Waals surface area contributed by atoms with Gasteiger partial charge in [-0.1, -0.05) is 19.4 Å². The zero-order valence-electron chi connectivity index (χ0n) is 14.0. The lowest BCUT2D eigenvalue weighted by molar-refractivity contribution is 0.286. The van der Waals surface area contributed by atoms with Crippen LogP contribution in [-0.2, 0) is 6.54 Å². The number of pyridine rings is 1. The van der Waals surface area contributed by atoms with Crippen LogP contribution in [0.3, 0.4) is 0 Å². The Kier molecular flexibility index (Phi) is 5.49. The van der Waals surface area contributed by atoms with Crippen LogP contribution < -0.4 is 21.6 Å². The zero-order chi connectivity index (χ0) is 18.7. The first-order valence-corrected chi connectivity index (χ1v) is 9.11. The monoisotopic (exact) mass is 468 g/mol. The van der Waals surface area contributed by atoms with Crippen molar-refractivity contribution in [1.29, 1.82) is 0 Å². The van der Waals surface area contributed by atoms with Crippen molar-refractivity contribution in [2.45, 2.75) is 26.3 Å². The Labute approximate surface area is 161 Å². The molecule has 0 fully saturated rings. The molecular formula is C16H17IN6O3. The number of hydrogen-bond donors (Lipinski definition) is 2. The number of hydrogen-bond acceptors (Lipinski definition) is 7. The van der Waals surface area contributed by atoms with Gasteiger partial charge in [-0.3, -0.25) is 14.2 Å². The van der Waals surface area contributed by atoms with Crippen LogP contribution in [-0.4, -0.2) is 31.1 Å². The highest BCUT2D eigenvalue weighted by Crippen LogP contribution is 2.17. The second kappa shape index (κ2) is 7.81. The first-order chi connectivity index (χ1) is 12.5. The third-order valence-electron chi connectivity index (χ3n) is 3.69. The Bertz CT molecular complexity index is 1040. The molecule has 0 aliphatic heterocycles. The number of nitrogens with one attached hydrogen (secondary N) is 1. The number of nitrogens with zero attached hydrogens (tertiary/aromatic N) is 4. The van der Waals surface area contributed by atoms with Gasteiger partial charge in [0.25, 0.3) is 0 Å². The number of aromatic amines is 1. The predicted octanol–water partition coefficient (Wildman–Crippen LogP) is 1.29. The number of anilines is 1. The van der Waals surface area contributed by atoms with Gasteiger partial charge in [-0.15, -0.1) is 0 Å². The van der Waals surface area contributed by atoms with Crippen LogP contribution in [0.5, 0.6) is 6.01 Å². The Morgan fingerprint density at radius 3 is 2.81 bits per heavy atom. The van der Waals surface area contributed by atoms with E-state index in [0.717, 1.165) is 22.1 Å². The second-order valence-corrected chi connectivity index (χ2v) is 6.73. The average molecular weight is 468 g/mol. The molecule has 0 amide bonds. The molecule has 3 N–H and O–H groups in total. The molecule has 0 aromatic carbocycles. The lowest BCUT2D eigenvalue weighted by Gasteiger charge is -2.11. The third-order valence-corrected chi connectivity index (χ3v) is 4.33. The average Bonchev–Trinajstić information content (AvgIpc) is 2.62. The van der Waals surface area contributed by atoms with E-state index in [4.69, 9.17) is 10.5 Å². The largest absolute Gasteiger partial charge is 0.463 e. The number of halogens is 1. The van der Waals surface area contributed by atoms with Crippen LogP contribution in [0, 0.1) is 3.70 Å². The molecule has 136 valence electrons. The van der Waals surface area contributed by atoms with Crippen molar-refractivity contribution in [3.63, 3.8) is 0 Å². The molecule has 0 bridgehead atoms. The van der Waals surface area contributed by atoms with Crippen LogP contribution in [0.1, 0.15) is 25.3 Å². The molecule has 0 saturated heterocycles. The van der Waals surface area contributed by atoms with Crippen molar-refractivity contribution in [3.05, 3.63) is 48.3 Å². The van der Waals surface area contributed by atoms with Crippen LogP contribution >= 0.6 is 22.6 Å². The summed E-state index contributed by atoms with van der Waals surface area (Å²) < 4.78 is 7.58. The number of fused-ring (bicyclic) bond motifs is 1. The van der Waals surface area contributed by atoms with Gasteiger partial charge in [0.15, 0.2) is 11.5 Å². The molecule has 0 atom stereocenters. The molecule has 0 radical (unpaired) electrons. The molecule has 0 spiro atoms. The second-order valence-electron chi connectivity index (χ2n) is 5.63. The van der Waals surface area contributed by atoms with Crippen LogP contribution in [0.4, 0.5) is 5.82 Å². The van der Waals surface area contributed by atoms with E-state index in [-0.39, 0.29) is 29.5 Å². The molecule has 3 rings (SSSR count). The first kappa shape index (κ1) is 18.3. The van der Waals surface area contributed by atoms with Crippen molar-refractivity contribution in [3.8, 4) is 6.01 Å². The van der Waals surface area contributed by atoms with E-state index in [9.17, 15) is 9.59 Å². The Morgan fingerprint density at radius 2 is 2.12 bits per heavy atom. The predicted molar refractivity (Wildman–Crippen MR) is 105 cm³/mol. The molecular weight excluding hydrogens is 451 g/mol. The van der Waals surface area contributed by atoms with E-state index in [1.165, 1.54) is 4.57 Å². The molecule has 0 aliphatic carbocycles. The lowest BCUT2D eigenvalue weighted by atomic mass is 10.3. The lowest BCUT2D eigenvalue weighted by Crippen LogP contribution is -2.37. The quantitative estimate of drug-likeness (QED) is 0.242. The highest BCUT2D eigenvalue weighted by Gasteiger charge is 2.15. The molecule has 3 aromatic rings. The Hall–Kier alpha value is -2.50. The summed E-state index contributed by atoms with van der Waals surface area (Å²) in [6.07, 6.45) is 3.44. The van der Waals surface area contributed by atoms with Crippen molar-refractivity contribution in [2.24, 2.45) is 0 Å². The first-order valence-electron chi connectivity index (χ1n) is 8.03. The van der Waals surface area contributed by atoms with E-state index >= 15 is 0 Å². The topological polar surface area (TPSA) is 129 Å². The van der Waals surface area contributed by atoms with Crippen LogP contribution in [0.2, 0.25) is 0 Å². The van der Waals surface area contributed by atoms with Crippen LogP contribution in [0.15, 0.2) is 27.9 Å². The molecule has 10 heteroatoms. The number of aromatic nitrogens is 5. The fraction of sp³-hybridized carbons (Fsp3) is 0.312. The minimum Gasteiger partial charge on any atom is -0.463 e. The van der Waals surface area contributed by atoms with Gasteiger partial charge in [-0.25, -0.2) is 4.98 Å². The molecule has 3 aromatic heterocycles. The summed E-state index contributed by atoms with van der Waals surface area (Å²) in [6.45, 7) is 2.61. The maximum Gasteiger partial charge on any atom is 0.320 e. The van der Waals surface area contributed by atoms with E-state index in [1.807, 2.05) is 19.1 Å². The number of nitrogens with two attached hydrogens (primary N) is 1. The number of H-pyrrole nitrogens is 1. The summed E-state index contributed by atoms with van der Waals surface area (Å²) in [4.78, 5) is 39.4. The number of rotatable bonds is 6. The number of nitrogen functional groups attached to an aromatic ring is 1. The molecule has 9 nitrogen and oxygen atoms in total. The van der Waals surface area contributed by atoms with E-state index in [1.54, 1.807) is 6.20 Å². The SMILES string of the molecule is CCCCOc1nc(N)c2[nH]c(=O)c(=O)n(Cc3ccc(I)nc3)c2n1. The van der Waals surface area contributed by atoms with Crippen molar-refractivity contribution in [2.75, 3.05) is 12.3 Å². The highest BCUT2D eigenvalue weighted by molar-refractivity contribution is 14.1. The summed E-state index contributed by atoms with van der Waals surface area (Å²) in [6, 6.07) is 3.72.